The lowest BCUT2D eigenvalue weighted by Gasteiger charge is -2.09. The Morgan fingerprint density at radius 3 is 3.25 bits per heavy atom. The number of pyridine rings is 1. The van der Waals surface area contributed by atoms with Crippen LogP contribution in [0.25, 0.3) is 0 Å². The molecule has 0 bridgehead atoms. The van der Waals surface area contributed by atoms with Gasteiger partial charge in [-0.15, -0.1) is 0 Å². The molecule has 1 unspecified atom stereocenters. The molecule has 0 aliphatic carbocycles. The molecular weight excluding hydrogens is 204 g/mol. The Balaban J connectivity index is 1.75. The van der Waals surface area contributed by atoms with Crippen molar-refractivity contribution in [3.63, 3.8) is 0 Å². The first kappa shape index (κ1) is 11.2. The Hall–Kier alpha value is -1.29. The number of aromatic nitrogens is 1. The van der Waals surface area contributed by atoms with Crippen LogP contribution in [0.2, 0.25) is 0 Å². The molecule has 4 nitrogen and oxygen atoms in total. The van der Waals surface area contributed by atoms with E-state index in [0.29, 0.717) is 11.8 Å². The maximum atomic E-state index is 5.33. The second-order valence-corrected chi connectivity index (χ2v) is 4.01. The molecule has 0 aromatic carbocycles. The number of methoxy groups -OCH3 is 1. The van der Waals surface area contributed by atoms with Crippen molar-refractivity contribution in [1.82, 2.24) is 4.98 Å². The molecule has 0 amide bonds. The van der Waals surface area contributed by atoms with Gasteiger partial charge < -0.3 is 14.8 Å². The zero-order chi connectivity index (χ0) is 11.2. The minimum Gasteiger partial charge on any atom is -0.481 e. The van der Waals surface area contributed by atoms with E-state index in [-0.39, 0.29) is 0 Å². The van der Waals surface area contributed by atoms with E-state index >= 15 is 0 Å². The van der Waals surface area contributed by atoms with Crippen LogP contribution in [0.15, 0.2) is 18.2 Å². The molecule has 0 spiro atoms. The van der Waals surface area contributed by atoms with Gasteiger partial charge in [-0.1, -0.05) is 6.07 Å². The fourth-order valence-electron chi connectivity index (χ4n) is 1.84. The van der Waals surface area contributed by atoms with E-state index in [0.717, 1.165) is 32.0 Å². The number of hydrogen-bond acceptors (Lipinski definition) is 4. The normalized spacial score (nSPS) is 19.7. The predicted molar refractivity (Wildman–Crippen MR) is 62.8 cm³/mol. The van der Waals surface area contributed by atoms with Crippen molar-refractivity contribution >= 4 is 5.82 Å². The van der Waals surface area contributed by atoms with Gasteiger partial charge in [0.1, 0.15) is 5.82 Å². The summed E-state index contributed by atoms with van der Waals surface area (Å²) in [5, 5.41) is 3.30. The second kappa shape index (κ2) is 5.70. The third-order valence-corrected chi connectivity index (χ3v) is 2.82. The lowest BCUT2D eigenvalue weighted by molar-refractivity contribution is 0.185. The molecule has 4 heteroatoms. The monoisotopic (exact) mass is 222 g/mol. The van der Waals surface area contributed by atoms with Crippen LogP contribution in [0.4, 0.5) is 5.82 Å². The molecule has 1 saturated heterocycles. The highest BCUT2D eigenvalue weighted by Crippen LogP contribution is 2.16. The molecule has 1 aromatic rings. The van der Waals surface area contributed by atoms with E-state index in [4.69, 9.17) is 9.47 Å². The molecular formula is C12H18N2O2. The van der Waals surface area contributed by atoms with Gasteiger partial charge in [0.05, 0.1) is 7.11 Å². The molecule has 88 valence electrons. The van der Waals surface area contributed by atoms with Gasteiger partial charge in [-0.3, -0.25) is 0 Å². The number of nitrogens with one attached hydrogen (secondary N) is 1. The Bertz CT molecular complexity index is 325. The lowest BCUT2D eigenvalue weighted by Crippen LogP contribution is -2.09. The third kappa shape index (κ3) is 3.10. The third-order valence-electron chi connectivity index (χ3n) is 2.82. The van der Waals surface area contributed by atoms with Gasteiger partial charge in [0.15, 0.2) is 0 Å². The standard InChI is InChI=1S/C12H18N2O2/c1-15-12-4-2-3-11(14-12)13-7-5-10-6-8-16-9-10/h2-4,10H,5-9H2,1H3,(H,13,14). The highest BCUT2D eigenvalue weighted by atomic mass is 16.5. The number of hydrogen-bond donors (Lipinski definition) is 1. The SMILES string of the molecule is COc1cccc(NCCC2CCOC2)n1. The van der Waals surface area contributed by atoms with E-state index in [2.05, 4.69) is 10.3 Å². The van der Waals surface area contributed by atoms with Crippen LogP contribution in [0.3, 0.4) is 0 Å². The Labute approximate surface area is 96.0 Å². The van der Waals surface area contributed by atoms with Crippen molar-refractivity contribution < 1.29 is 9.47 Å². The summed E-state index contributed by atoms with van der Waals surface area (Å²) in [4.78, 5) is 4.29. The Morgan fingerprint density at radius 2 is 2.50 bits per heavy atom. The van der Waals surface area contributed by atoms with E-state index in [1.54, 1.807) is 7.11 Å². The first-order valence-electron chi connectivity index (χ1n) is 5.71. The van der Waals surface area contributed by atoms with Crippen molar-refractivity contribution in [2.24, 2.45) is 5.92 Å². The van der Waals surface area contributed by atoms with Crippen LogP contribution < -0.4 is 10.1 Å². The number of rotatable bonds is 5. The van der Waals surface area contributed by atoms with Crippen LogP contribution in [-0.4, -0.2) is 31.9 Å². The molecule has 1 fully saturated rings. The molecule has 1 N–H and O–H groups in total. The van der Waals surface area contributed by atoms with E-state index < -0.39 is 0 Å². The fraction of sp³-hybridized carbons (Fsp3) is 0.583. The summed E-state index contributed by atoms with van der Waals surface area (Å²) in [6.07, 6.45) is 2.33. The molecule has 2 heterocycles. The van der Waals surface area contributed by atoms with E-state index in [9.17, 15) is 0 Å². The van der Waals surface area contributed by atoms with Crippen LogP contribution in [-0.2, 0) is 4.74 Å². The topological polar surface area (TPSA) is 43.4 Å². The van der Waals surface area contributed by atoms with Gasteiger partial charge in [0.25, 0.3) is 0 Å². The number of nitrogens with zero attached hydrogens (tertiary/aromatic N) is 1. The lowest BCUT2D eigenvalue weighted by atomic mass is 10.1. The summed E-state index contributed by atoms with van der Waals surface area (Å²) >= 11 is 0. The molecule has 16 heavy (non-hydrogen) atoms. The predicted octanol–water partition coefficient (Wildman–Crippen LogP) is 1.93. The maximum absolute atomic E-state index is 5.33. The van der Waals surface area contributed by atoms with Gasteiger partial charge >= 0.3 is 0 Å². The molecule has 1 aromatic heterocycles. The van der Waals surface area contributed by atoms with E-state index in [1.807, 2.05) is 18.2 Å². The maximum Gasteiger partial charge on any atom is 0.214 e. The van der Waals surface area contributed by atoms with Crippen LogP contribution in [0.1, 0.15) is 12.8 Å². The minimum absolute atomic E-state index is 0.647. The van der Waals surface area contributed by atoms with Crippen molar-refractivity contribution in [2.45, 2.75) is 12.8 Å². The summed E-state index contributed by atoms with van der Waals surface area (Å²) < 4.78 is 10.4. The fourth-order valence-corrected chi connectivity index (χ4v) is 1.84. The molecule has 0 saturated carbocycles. The van der Waals surface area contributed by atoms with Gasteiger partial charge in [-0.25, -0.2) is 0 Å². The van der Waals surface area contributed by atoms with Crippen molar-refractivity contribution in [3.05, 3.63) is 18.2 Å². The largest absolute Gasteiger partial charge is 0.481 e. The van der Waals surface area contributed by atoms with Crippen molar-refractivity contribution in [2.75, 3.05) is 32.2 Å². The molecule has 1 atom stereocenters. The minimum atomic E-state index is 0.647. The molecule has 2 rings (SSSR count). The van der Waals surface area contributed by atoms with Crippen LogP contribution >= 0.6 is 0 Å². The molecule has 1 aliphatic rings. The first-order chi connectivity index (χ1) is 7.88. The van der Waals surface area contributed by atoms with Gasteiger partial charge in [0, 0.05) is 25.8 Å². The first-order valence-corrected chi connectivity index (χ1v) is 5.71. The summed E-state index contributed by atoms with van der Waals surface area (Å²) in [5.74, 6) is 2.23. The summed E-state index contributed by atoms with van der Waals surface area (Å²) in [6.45, 7) is 2.77. The highest BCUT2D eigenvalue weighted by Gasteiger charge is 2.14. The van der Waals surface area contributed by atoms with Crippen LogP contribution in [0, 0.1) is 5.92 Å². The molecule has 0 radical (unpaired) electrons. The highest BCUT2D eigenvalue weighted by molar-refractivity contribution is 5.36. The van der Waals surface area contributed by atoms with Crippen molar-refractivity contribution in [1.29, 1.82) is 0 Å². The van der Waals surface area contributed by atoms with Crippen LogP contribution in [0.5, 0.6) is 5.88 Å². The second-order valence-electron chi connectivity index (χ2n) is 4.01. The number of anilines is 1. The van der Waals surface area contributed by atoms with E-state index in [1.165, 1.54) is 6.42 Å². The Morgan fingerprint density at radius 1 is 1.56 bits per heavy atom. The molecule has 1 aliphatic heterocycles. The smallest absolute Gasteiger partial charge is 0.214 e. The summed E-state index contributed by atoms with van der Waals surface area (Å²) in [6, 6.07) is 5.73. The summed E-state index contributed by atoms with van der Waals surface area (Å²) in [7, 11) is 1.63. The average molecular weight is 222 g/mol. The average Bonchev–Trinajstić information content (AvgIpc) is 2.82. The zero-order valence-electron chi connectivity index (χ0n) is 9.61. The van der Waals surface area contributed by atoms with Gasteiger partial charge in [0.2, 0.25) is 5.88 Å². The van der Waals surface area contributed by atoms with Gasteiger partial charge in [-0.05, 0) is 24.8 Å². The van der Waals surface area contributed by atoms with Gasteiger partial charge in [-0.2, -0.15) is 4.98 Å². The Kier molecular flexibility index (Phi) is 3.99. The number of ether oxygens (including phenoxy) is 2. The summed E-state index contributed by atoms with van der Waals surface area (Å²) in [5.41, 5.74) is 0. The quantitative estimate of drug-likeness (QED) is 0.826. The van der Waals surface area contributed by atoms with Crippen molar-refractivity contribution in [3.8, 4) is 5.88 Å². The zero-order valence-corrected chi connectivity index (χ0v) is 9.61.